The third-order valence-electron chi connectivity index (χ3n) is 2.69. The van der Waals surface area contributed by atoms with Gasteiger partial charge in [0.1, 0.15) is 0 Å². The average Bonchev–Trinajstić information content (AvgIpc) is 2.66. The van der Waals surface area contributed by atoms with Gasteiger partial charge >= 0.3 is 0 Å². The summed E-state index contributed by atoms with van der Waals surface area (Å²) in [4.78, 5) is 12.0. The van der Waals surface area contributed by atoms with Gasteiger partial charge in [-0.05, 0) is 23.3 Å². The third-order valence-corrected chi connectivity index (χ3v) is 3.18. The maximum absolute atomic E-state index is 12.0. The summed E-state index contributed by atoms with van der Waals surface area (Å²) in [6.07, 6.45) is 0. The van der Waals surface area contributed by atoms with Crippen LogP contribution in [0, 0.1) is 0 Å². The molecule has 2 aromatic carbocycles. The van der Waals surface area contributed by atoms with E-state index >= 15 is 0 Å². The Bertz CT molecular complexity index is 573. The van der Waals surface area contributed by atoms with Crippen molar-refractivity contribution in [1.82, 2.24) is 0 Å². The minimum Gasteiger partial charge on any atom is -0.289 e. The summed E-state index contributed by atoms with van der Waals surface area (Å²) in [5.41, 5.74) is 3.69. The molecule has 3 rings (SSSR count). The minimum atomic E-state index is 0.127. The van der Waals surface area contributed by atoms with E-state index in [9.17, 15) is 4.79 Å². The van der Waals surface area contributed by atoms with Gasteiger partial charge in [-0.15, -0.1) is 0 Å². The van der Waals surface area contributed by atoms with Crippen molar-refractivity contribution in [2.75, 3.05) is 0 Å². The molecule has 17 heavy (non-hydrogen) atoms. The van der Waals surface area contributed by atoms with Gasteiger partial charge in [0.25, 0.3) is 0 Å². The van der Waals surface area contributed by atoms with E-state index in [0.717, 1.165) is 26.7 Å². The maximum Gasteiger partial charge on any atom is 0.194 e. The van der Waals surface area contributed by atoms with Gasteiger partial charge in [0, 0.05) is 15.6 Å². The number of rotatable bonds is 0. The number of hydrogen-bond acceptors (Lipinski definition) is 1. The molecule has 0 aromatic heterocycles. The Labute approximate surface area is 110 Å². The van der Waals surface area contributed by atoms with Crippen LogP contribution in [0.5, 0.6) is 0 Å². The fourth-order valence-corrected chi connectivity index (χ4v) is 2.36. The highest BCUT2D eigenvalue weighted by Gasteiger charge is 2.25. The summed E-state index contributed by atoms with van der Waals surface area (Å²) in [5.74, 6) is 0.127. The molecule has 0 amide bonds. The third kappa shape index (κ3) is 1.93. The number of carbonyl (C=O) groups excluding carboxylic acids is 1. The Hall–Kier alpha value is -1.41. The van der Waals surface area contributed by atoms with Crippen LogP contribution in [-0.2, 0) is 0 Å². The lowest BCUT2D eigenvalue weighted by Gasteiger charge is -1.98. The molecule has 0 spiro atoms. The van der Waals surface area contributed by atoms with E-state index in [2.05, 4.69) is 15.9 Å². The second kappa shape index (κ2) is 4.84. The normalized spacial score (nSPS) is 11.4. The molecule has 1 nitrogen and oxygen atoms in total. The van der Waals surface area contributed by atoms with Crippen LogP contribution >= 0.6 is 15.9 Å². The first-order valence-electron chi connectivity index (χ1n) is 5.71. The van der Waals surface area contributed by atoms with Crippen LogP contribution in [0.3, 0.4) is 0 Å². The predicted molar refractivity (Wildman–Crippen MR) is 74.4 cm³/mol. The fourth-order valence-electron chi connectivity index (χ4n) is 2.00. The predicted octanol–water partition coefficient (Wildman–Crippen LogP) is 4.69. The van der Waals surface area contributed by atoms with Gasteiger partial charge in [0.2, 0.25) is 0 Å². The topological polar surface area (TPSA) is 17.1 Å². The number of benzene rings is 2. The van der Waals surface area contributed by atoms with Crippen LogP contribution in [0.1, 0.15) is 29.8 Å². The molecule has 2 aromatic rings. The lowest BCUT2D eigenvalue weighted by Crippen LogP contribution is -1.94. The van der Waals surface area contributed by atoms with E-state index in [1.807, 2.05) is 56.3 Å². The molecule has 0 heterocycles. The molecule has 0 bridgehead atoms. The van der Waals surface area contributed by atoms with Gasteiger partial charge in [0.15, 0.2) is 5.78 Å². The van der Waals surface area contributed by atoms with E-state index < -0.39 is 0 Å². The van der Waals surface area contributed by atoms with Crippen LogP contribution < -0.4 is 0 Å². The average molecular weight is 289 g/mol. The van der Waals surface area contributed by atoms with E-state index in [1.54, 1.807) is 0 Å². The molecule has 0 N–H and O–H groups in total. The molecule has 0 radical (unpaired) electrons. The zero-order valence-corrected chi connectivity index (χ0v) is 11.4. The highest BCUT2D eigenvalue weighted by Crippen LogP contribution is 2.37. The SMILES string of the molecule is CC.O=C1c2ccccc2-c2ccc(Br)cc21. The van der Waals surface area contributed by atoms with Crippen molar-refractivity contribution in [3.05, 3.63) is 58.1 Å². The van der Waals surface area contributed by atoms with Crippen molar-refractivity contribution in [1.29, 1.82) is 0 Å². The standard InChI is InChI=1S/C13H7BrO.C2H6/c14-8-5-6-10-9-3-1-2-4-11(9)13(15)12(10)7-8;1-2/h1-7H;1-2H3. The molecular weight excluding hydrogens is 276 g/mol. The Balaban J connectivity index is 0.000000514. The molecule has 1 aliphatic rings. The van der Waals surface area contributed by atoms with Gasteiger partial charge in [-0.25, -0.2) is 0 Å². The van der Waals surface area contributed by atoms with E-state index in [1.165, 1.54) is 0 Å². The monoisotopic (exact) mass is 288 g/mol. The van der Waals surface area contributed by atoms with Crippen LogP contribution in [0.15, 0.2) is 46.9 Å². The van der Waals surface area contributed by atoms with Crippen LogP contribution in [0.2, 0.25) is 0 Å². The Morgan fingerprint density at radius 3 is 2.12 bits per heavy atom. The van der Waals surface area contributed by atoms with Gasteiger partial charge in [0.05, 0.1) is 0 Å². The molecular formula is C15H13BrO. The van der Waals surface area contributed by atoms with Crippen molar-refractivity contribution in [3.8, 4) is 11.1 Å². The first-order valence-corrected chi connectivity index (χ1v) is 6.50. The second-order valence-electron chi connectivity index (χ2n) is 3.56. The highest BCUT2D eigenvalue weighted by atomic mass is 79.9. The largest absolute Gasteiger partial charge is 0.289 e. The van der Waals surface area contributed by atoms with Crippen molar-refractivity contribution in [2.45, 2.75) is 13.8 Å². The lowest BCUT2D eigenvalue weighted by atomic mass is 10.1. The molecule has 0 atom stereocenters. The van der Waals surface area contributed by atoms with E-state index in [-0.39, 0.29) is 5.78 Å². The van der Waals surface area contributed by atoms with Crippen molar-refractivity contribution in [3.63, 3.8) is 0 Å². The zero-order valence-electron chi connectivity index (χ0n) is 9.83. The van der Waals surface area contributed by atoms with E-state index in [4.69, 9.17) is 0 Å². The van der Waals surface area contributed by atoms with Crippen molar-refractivity contribution < 1.29 is 4.79 Å². The van der Waals surface area contributed by atoms with E-state index in [0.29, 0.717) is 0 Å². The van der Waals surface area contributed by atoms with Gasteiger partial charge < -0.3 is 0 Å². The summed E-state index contributed by atoms with van der Waals surface area (Å²) in [5, 5.41) is 0. The molecule has 0 saturated heterocycles. The molecule has 1 aliphatic carbocycles. The van der Waals surface area contributed by atoms with Gasteiger partial charge in [-0.3, -0.25) is 4.79 Å². The van der Waals surface area contributed by atoms with Crippen LogP contribution in [0.4, 0.5) is 0 Å². The number of carbonyl (C=O) groups is 1. The Morgan fingerprint density at radius 1 is 0.824 bits per heavy atom. The van der Waals surface area contributed by atoms with Gasteiger partial charge in [-0.1, -0.05) is 60.1 Å². The summed E-state index contributed by atoms with van der Waals surface area (Å²) in [6.45, 7) is 4.00. The summed E-state index contributed by atoms with van der Waals surface area (Å²) in [7, 11) is 0. The molecule has 2 heteroatoms. The summed E-state index contributed by atoms with van der Waals surface area (Å²) >= 11 is 3.38. The lowest BCUT2D eigenvalue weighted by molar-refractivity contribution is 0.104. The maximum atomic E-state index is 12.0. The first kappa shape index (κ1) is 12.1. The number of halogens is 1. The zero-order chi connectivity index (χ0) is 12.4. The summed E-state index contributed by atoms with van der Waals surface area (Å²) in [6, 6.07) is 13.6. The van der Waals surface area contributed by atoms with Crippen molar-refractivity contribution >= 4 is 21.7 Å². The number of hydrogen-bond donors (Lipinski definition) is 0. The molecule has 86 valence electrons. The minimum absolute atomic E-state index is 0.127. The fraction of sp³-hybridized carbons (Fsp3) is 0.133. The smallest absolute Gasteiger partial charge is 0.194 e. The quantitative estimate of drug-likeness (QED) is 0.587. The Morgan fingerprint density at radius 2 is 1.41 bits per heavy atom. The van der Waals surface area contributed by atoms with Crippen LogP contribution in [0.25, 0.3) is 11.1 Å². The first-order chi connectivity index (χ1) is 8.27. The summed E-state index contributed by atoms with van der Waals surface area (Å²) < 4.78 is 0.947. The molecule has 0 aliphatic heterocycles. The number of fused-ring (bicyclic) bond motifs is 3. The molecule has 0 fully saturated rings. The van der Waals surface area contributed by atoms with Crippen LogP contribution in [-0.4, -0.2) is 5.78 Å². The van der Waals surface area contributed by atoms with Crippen molar-refractivity contribution in [2.24, 2.45) is 0 Å². The molecule has 0 unspecified atom stereocenters. The number of ketones is 1. The molecule has 0 saturated carbocycles. The highest BCUT2D eigenvalue weighted by molar-refractivity contribution is 9.10. The van der Waals surface area contributed by atoms with Gasteiger partial charge in [-0.2, -0.15) is 0 Å². The second-order valence-corrected chi connectivity index (χ2v) is 4.48. The Kier molecular flexibility index (Phi) is 3.43.